The number of amides is 2. The molecule has 1 fully saturated rings. The van der Waals surface area contributed by atoms with Gasteiger partial charge in [-0.15, -0.1) is 0 Å². The second-order valence-electron chi connectivity index (χ2n) is 7.07. The number of carbonyl (C=O) groups excluding carboxylic acids is 1. The average Bonchev–Trinajstić information content (AvgIpc) is 2.74. The largest absolute Gasteiger partial charge is 0.375 e. The van der Waals surface area contributed by atoms with Crippen molar-refractivity contribution >= 4 is 17.4 Å². The summed E-state index contributed by atoms with van der Waals surface area (Å²) >= 11 is 0. The van der Waals surface area contributed by atoms with E-state index < -0.39 is 0 Å². The van der Waals surface area contributed by atoms with Gasteiger partial charge in [0.15, 0.2) is 0 Å². The number of hydrogen-bond acceptors (Lipinski definition) is 4. The van der Waals surface area contributed by atoms with Crippen molar-refractivity contribution in [2.75, 3.05) is 50.0 Å². The molecular formula is C22H27N5O. The number of nitrogens with zero attached hydrogens (tertiary/aromatic N) is 4. The van der Waals surface area contributed by atoms with Gasteiger partial charge >= 0.3 is 6.03 Å². The standard InChI is InChI=1S/C22H27N5O/c1-3-25(2)21-6-4-5-20(15-21)24-22(28)27-13-11-26(12-14-27)17-19-9-7-18(16-23)8-10-19/h4-10,15H,3,11-14,17H2,1-2H3,(H,24,28). The number of carbonyl (C=O) groups is 1. The Morgan fingerprint density at radius 1 is 1.14 bits per heavy atom. The molecule has 1 N–H and O–H groups in total. The second-order valence-corrected chi connectivity index (χ2v) is 7.07. The average molecular weight is 377 g/mol. The Bertz CT molecular complexity index is 835. The number of benzene rings is 2. The third-order valence-electron chi connectivity index (χ3n) is 5.16. The summed E-state index contributed by atoms with van der Waals surface area (Å²) in [5, 5.41) is 11.9. The van der Waals surface area contributed by atoms with Gasteiger partial charge in [-0.25, -0.2) is 4.79 Å². The van der Waals surface area contributed by atoms with Crippen LogP contribution in [0, 0.1) is 11.3 Å². The molecule has 3 rings (SSSR count). The monoisotopic (exact) mass is 377 g/mol. The van der Waals surface area contributed by atoms with Crippen molar-refractivity contribution in [2.24, 2.45) is 0 Å². The van der Waals surface area contributed by atoms with E-state index in [1.807, 2.05) is 60.5 Å². The highest BCUT2D eigenvalue weighted by atomic mass is 16.2. The van der Waals surface area contributed by atoms with Crippen LogP contribution in [0.3, 0.4) is 0 Å². The van der Waals surface area contributed by atoms with Gasteiger partial charge in [-0.05, 0) is 42.8 Å². The highest BCUT2D eigenvalue weighted by molar-refractivity contribution is 5.90. The number of nitrogens with one attached hydrogen (secondary N) is 1. The number of piperazine rings is 1. The van der Waals surface area contributed by atoms with E-state index in [1.165, 1.54) is 5.56 Å². The van der Waals surface area contributed by atoms with Crippen LogP contribution in [0.5, 0.6) is 0 Å². The van der Waals surface area contributed by atoms with E-state index in [-0.39, 0.29) is 6.03 Å². The van der Waals surface area contributed by atoms with Gasteiger partial charge < -0.3 is 15.1 Å². The summed E-state index contributed by atoms with van der Waals surface area (Å²) in [4.78, 5) is 18.9. The predicted molar refractivity (Wildman–Crippen MR) is 112 cm³/mol. The molecule has 2 amide bonds. The van der Waals surface area contributed by atoms with Gasteiger partial charge in [0.25, 0.3) is 0 Å². The molecule has 6 heteroatoms. The SMILES string of the molecule is CCN(C)c1cccc(NC(=O)N2CCN(Cc3ccc(C#N)cc3)CC2)c1. The molecule has 2 aromatic rings. The summed E-state index contributed by atoms with van der Waals surface area (Å²) < 4.78 is 0. The zero-order valence-electron chi connectivity index (χ0n) is 16.6. The van der Waals surface area contributed by atoms with Gasteiger partial charge in [-0.3, -0.25) is 4.90 Å². The molecule has 6 nitrogen and oxygen atoms in total. The van der Waals surface area contributed by atoms with E-state index >= 15 is 0 Å². The van der Waals surface area contributed by atoms with Crippen LogP contribution in [0.1, 0.15) is 18.1 Å². The third-order valence-corrected chi connectivity index (χ3v) is 5.16. The van der Waals surface area contributed by atoms with Crippen LogP contribution in [0.2, 0.25) is 0 Å². The molecule has 1 heterocycles. The minimum Gasteiger partial charge on any atom is -0.375 e. The Balaban J connectivity index is 1.50. The van der Waals surface area contributed by atoms with Gasteiger partial charge in [0.2, 0.25) is 0 Å². The molecule has 2 aromatic carbocycles. The van der Waals surface area contributed by atoms with E-state index in [4.69, 9.17) is 5.26 Å². The fourth-order valence-electron chi connectivity index (χ4n) is 3.26. The van der Waals surface area contributed by atoms with Crippen molar-refractivity contribution in [1.29, 1.82) is 5.26 Å². The molecule has 1 aliphatic heterocycles. The number of anilines is 2. The molecule has 0 spiro atoms. The molecule has 0 radical (unpaired) electrons. The zero-order valence-corrected chi connectivity index (χ0v) is 16.6. The van der Waals surface area contributed by atoms with E-state index in [9.17, 15) is 4.79 Å². The van der Waals surface area contributed by atoms with Gasteiger partial charge in [-0.1, -0.05) is 18.2 Å². The molecule has 1 saturated heterocycles. The minimum atomic E-state index is -0.0469. The number of urea groups is 1. The Kier molecular flexibility index (Phi) is 6.51. The fourth-order valence-corrected chi connectivity index (χ4v) is 3.26. The molecule has 0 bridgehead atoms. The lowest BCUT2D eigenvalue weighted by Gasteiger charge is -2.34. The minimum absolute atomic E-state index is 0.0469. The molecule has 146 valence electrons. The summed E-state index contributed by atoms with van der Waals surface area (Å²) in [6.07, 6.45) is 0. The Morgan fingerprint density at radius 2 is 1.86 bits per heavy atom. The first-order chi connectivity index (χ1) is 13.6. The molecule has 0 atom stereocenters. The van der Waals surface area contributed by atoms with Crippen molar-refractivity contribution in [3.05, 3.63) is 59.7 Å². The highest BCUT2D eigenvalue weighted by Gasteiger charge is 2.21. The second kappa shape index (κ2) is 9.25. The van der Waals surface area contributed by atoms with E-state index in [1.54, 1.807) is 0 Å². The Labute approximate surface area is 167 Å². The summed E-state index contributed by atoms with van der Waals surface area (Å²) in [6.45, 7) is 6.94. The molecule has 0 saturated carbocycles. The Hall–Kier alpha value is -3.04. The third kappa shape index (κ3) is 5.02. The fraction of sp³-hybridized carbons (Fsp3) is 0.364. The number of nitriles is 1. The maximum Gasteiger partial charge on any atom is 0.321 e. The van der Waals surface area contributed by atoms with E-state index in [0.29, 0.717) is 18.7 Å². The normalized spacial score (nSPS) is 14.4. The van der Waals surface area contributed by atoms with Gasteiger partial charge in [0.05, 0.1) is 11.6 Å². The van der Waals surface area contributed by atoms with Crippen LogP contribution < -0.4 is 10.2 Å². The maximum atomic E-state index is 12.6. The predicted octanol–water partition coefficient (Wildman–Crippen LogP) is 3.36. The lowest BCUT2D eigenvalue weighted by atomic mass is 10.1. The van der Waals surface area contributed by atoms with Crippen LogP contribution in [0.4, 0.5) is 16.2 Å². The van der Waals surface area contributed by atoms with E-state index in [2.05, 4.69) is 28.1 Å². The first kappa shape index (κ1) is 19.7. The van der Waals surface area contributed by atoms with Crippen molar-refractivity contribution < 1.29 is 4.79 Å². The molecule has 28 heavy (non-hydrogen) atoms. The lowest BCUT2D eigenvalue weighted by Crippen LogP contribution is -2.49. The zero-order chi connectivity index (χ0) is 19.9. The lowest BCUT2D eigenvalue weighted by molar-refractivity contribution is 0.143. The first-order valence-corrected chi connectivity index (χ1v) is 9.67. The Morgan fingerprint density at radius 3 is 2.50 bits per heavy atom. The summed E-state index contributed by atoms with van der Waals surface area (Å²) in [6, 6.07) is 17.7. The van der Waals surface area contributed by atoms with Crippen LogP contribution in [0.15, 0.2) is 48.5 Å². The van der Waals surface area contributed by atoms with Crippen LogP contribution in [-0.4, -0.2) is 55.6 Å². The molecule has 0 aliphatic carbocycles. The molecule has 0 aromatic heterocycles. The van der Waals surface area contributed by atoms with Crippen molar-refractivity contribution in [2.45, 2.75) is 13.5 Å². The molecular weight excluding hydrogens is 350 g/mol. The summed E-state index contributed by atoms with van der Waals surface area (Å²) in [5.41, 5.74) is 3.78. The number of hydrogen-bond donors (Lipinski definition) is 1. The van der Waals surface area contributed by atoms with Gasteiger partial charge in [-0.2, -0.15) is 5.26 Å². The van der Waals surface area contributed by atoms with Crippen LogP contribution in [-0.2, 0) is 6.54 Å². The topological polar surface area (TPSA) is 62.6 Å². The van der Waals surface area contributed by atoms with E-state index in [0.717, 1.165) is 37.6 Å². The van der Waals surface area contributed by atoms with Crippen LogP contribution in [0.25, 0.3) is 0 Å². The molecule has 0 unspecified atom stereocenters. The summed E-state index contributed by atoms with van der Waals surface area (Å²) in [7, 11) is 2.04. The highest BCUT2D eigenvalue weighted by Crippen LogP contribution is 2.19. The first-order valence-electron chi connectivity index (χ1n) is 9.67. The summed E-state index contributed by atoms with van der Waals surface area (Å²) in [5.74, 6) is 0. The smallest absolute Gasteiger partial charge is 0.321 e. The van der Waals surface area contributed by atoms with Crippen LogP contribution >= 0.6 is 0 Å². The van der Waals surface area contributed by atoms with Crippen molar-refractivity contribution in [1.82, 2.24) is 9.80 Å². The number of rotatable bonds is 5. The maximum absolute atomic E-state index is 12.6. The quantitative estimate of drug-likeness (QED) is 0.868. The van der Waals surface area contributed by atoms with Gasteiger partial charge in [0, 0.05) is 57.7 Å². The van der Waals surface area contributed by atoms with Crippen molar-refractivity contribution in [3.63, 3.8) is 0 Å². The van der Waals surface area contributed by atoms with Crippen molar-refractivity contribution in [3.8, 4) is 6.07 Å². The molecule has 1 aliphatic rings. The van der Waals surface area contributed by atoms with Gasteiger partial charge in [0.1, 0.15) is 0 Å².